The molecule has 1 aromatic heterocycles. The summed E-state index contributed by atoms with van der Waals surface area (Å²) in [6.07, 6.45) is 0.495. The molecular formula is C10H11NO4. The molecule has 0 aromatic carbocycles. The lowest BCUT2D eigenvalue weighted by Gasteiger charge is -2.05. The van der Waals surface area contributed by atoms with Crippen LogP contribution in [0.1, 0.15) is 27.8 Å². The molecule has 0 aliphatic rings. The van der Waals surface area contributed by atoms with Gasteiger partial charge in [0.15, 0.2) is 6.29 Å². The van der Waals surface area contributed by atoms with Crippen LogP contribution in [0.15, 0.2) is 12.1 Å². The van der Waals surface area contributed by atoms with Gasteiger partial charge in [-0.25, -0.2) is 9.78 Å². The first-order chi connectivity index (χ1) is 7.22. The van der Waals surface area contributed by atoms with Gasteiger partial charge in [-0.2, -0.15) is 0 Å². The molecule has 1 aromatic rings. The molecule has 80 valence electrons. The maximum atomic E-state index is 11.2. The van der Waals surface area contributed by atoms with Crippen molar-refractivity contribution in [1.82, 2.24) is 4.98 Å². The largest absolute Gasteiger partial charge is 0.478 e. The van der Waals surface area contributed by atoms with Gasteiger partial charge in [-0.05, 0) is 13.0 Å². The number of aromatic nitrogens is 1. The fraction of sp³-hybridized carbons (Fsp3) is 0.300. The summed E-state index contributed by atoms with van der Waals surface area (Å²) < 4.78 is 9.59. The summed E-state index contributed by atoms with van der Waals surface area (Å²) in [5.74, 6) is -0.278. The van der Waals surface area contributed by atoms with Crippen LogP contribution in [0.2, 0.25) is 0 Å². The van der Waals surface area contributed by atoms with Crippen molar-refractivity contribution in [1.29, 1.82) is 0 Å². The first kappa shape index (κ1) is 11.2. The first-order valence-corrected chi connectivity index (χ1v) is 4.40. The molecule has 1 rings (SSSR count). The predicted octanol–water partition coefficient (Wildman–Crippen LogP) is 1.08. The SMILES string of the molecule is CCOc1ccc(C(=O)OC)c(C=O)n1. The highest BCUT2D eigenvalue weighted by Gasteiger charge is 2.13. The molecule has 1 heterocycles. The number of ether oxygens (including phenoxy) is 2. The zero-order chi connectivity index (χ0) is 11.3. The van der Waals surface area contributed by atoms with Crippen molar-refractivity contribution in [3.63, 3.8) is 0 Å². The number of carbonyl (C=O) groups excluding carboxylic acids is 2. The average Bonchev–Trinajstić information content (AvgIpc) is 2.28. The highest BCUT2D eigenvalue weighted by molar-refractivity contribution is 5.97. The lowest BCUT2D eigenvalue weighted by atomic mass is 10.2. The molecule has 0 fully saturated rings. The quantitative estimate of drug-likeness (QED) is 0.548. The molecular weight excluding hydrogens is 198 g/mol. The van der Waals surface area contributed by atoms with Crippen molar-refractivity contribution in [2.24, 2.45) is 0 Å². The van der Waals surface area contributed by atoms with Crippen molar-refractivity contribution >= 4 is 12.3 Å². The average molecular weight is 209 g/mol. The van der Waals surface area contributed by atoms with E-state index in [9.17, 15) is 9.59 Å². The Labute approximate surface area is 87.0 Å². The predicted molar refractivity (Wildman–Crippen MR) is 52.1 cm³/mol. The molecule has 0 amide bonds. The standard InChI is InChI=1S/C10H11NO4/c1-3-15-9-5-4-7(10(13)14-2)8(6-12)11-9/h4-6H,3H2,1-2H3. The highest BCUT2D eigenvalue weighted by atomic mass is 16.5. The Morgan fingerprint density at radius 3 is 2.80 bits per heavy atom. The third-order valence-electron chi connectivity index (χ3n) is 1.71. The number of carbonyl (C=O) groups is 2. The fourth-order valence-electron chi connectivity index (χ4n) is 1.06. The first-order valence-electron chi connectivity index (χ1n) is 4.40. The third kappa shape index (κ3) is 2.52. The van der Waals surface area contributed by atoms with E-state index in [1.54, 1.807) is 6.92 Å². The maximum absolute atomic E-state index is 11.2. The van der Waals surface area contributed by atoms with Crippen LogP contribution in [0.25, 0.3) is 0 Å². The van der Waals surface area contributed by atoms with Gasteiger partial charge in [0, 0.05) is 6.07 Å². The number of aldehydes is 1. The molecule has 0 atom stereocenters. The van der Waals surface area contributed by atoms with Gasteiger partial charge in [-0.3, -0.25) is 4.79 Å². The van der Waals surface area contributed by atoms with E-state index in [2.05, 4.69) is 9.72 Å². The van der Waals surface area contributed by atoms with Crippen molar-refractivity contribution in [2.45, 2.75) is 6.92 Å². The van der Waals surface area contributed by atoms with E-state index < -0.39 is 5.97 Å². The maximum Gasteiger partial charge on any atom is 0.340 e. The number of hydrogen-bond donors (Lipinski definition) is 0. The Balaban J connectivity index is 3.08. The van der Waals surface area contributed by atoms with Crippen LogP contribution in [-0.2, 0) is 4.74 Å². The van der Waals surface area contributed by atoms with Gasteiger partial charge in [-0.1, -0.05) is 0 Å². The zero-order valence-corrected chi connectivity index (χ0v) is 8.52. The van der Waals surface area contributed by atoms with Gasteiger partial charge in [0.2, 0.25) is 5.88 Å². The van der Waals surface area contributed by atoms with E-state index in [-0.39, 0.29) is 11.3 Å². The Bertz CT molecular complexity index is 376. The van der Waals surface area contributed by atoms with Crippen LogP contribution in [-0.4, -0.2) is 31.0 Å². The molecule has 0 unspecified atom stereocenters. The molecule has 0 radical (unpaired) electrons. The van der Waals surface area contributed by atoms with Crippen molar-refractivity contribution in [3.05, 3.63) is 23.4 Å². The second kappa shape index (κ2) is 5.09. The summed E-state index contributed by atoms with van der Waals surface area (Å²) in [6, 6.07) is 2.97. The van der Waals surface area contributed by atoms with Gasteiger partial charge < -0.3 is 9.47 Å². The lowest BCUT2D eigenvalue weighted by Crippen LogP contribution is -2.08. The van der Waals surface area contributed by atoms with Crippen LogP contribution in [0, 0.1) is 0 Å². The molecule has 0 saturated carbocycles. The van der Waals surface area contributed by atoms with Crippen LogP contribution >= 0.6 is 0 Å². The van der Waals surface area contributed by atoms with Crippen LogP contribution in [0.5, 0.6) is 5.88 Å². The van der Waals surface area contributed by atoms with Crippen molar-refractivity contribution < 1.29 is 19.1 Å². The zero-order valence-electron chi connectivity index (χ0n) is 8.52. The van der Waals surface area contributed by atoms with Gasteiger partial charge in [0.05, 0.1) is 19.3 Å². The minimum absolute atomic E-state index is 0.0211. The van der Waals surface area contributed by atoms with Crippen LogP contribution < -0.4 is 4.74 Å². The van der Waals surface area contributed by atoms with E-state index >= 15 is 0 Å². The Hall–Kier alpha value is -1.91. The van der Waals surface area contributed by atoms with E-state index in [1.165, 1.54) is 19.2 Å². The molecule has 0 aliphatic heterocycles. The Morgan fingerprint density at radius 1 is 1.53 bits per heavy atom. The molecule has 0 aliphatic carbocycles. The monoisotopic (exact) mass is 209 g/mol. The summed E-state index contributed by atoms with van der Waals surface area (Å²) in [7, 11) is 1.24. The fourth-order valence-corrected chi connectivity index (χ4v) is 1.06. The van der Waals surface area contributed by atoms with Crippen LogP contribution in [0.4, 0.5) is 0 Å². The number of methoxy groups -OCH3 is 1. The molecule has 0 spiro atoms. The summed E-state index contributed by atoms with van der Waals surface area (Å²) in [6.45, 7) is 2.25. The smallest absolute Gasteiger partial charge is 0.340 e. The minimum atomic E-state index is -0.590. The van der Waals surface area contributed by atoms with E-state index in [0.29, 0.717) is 18.8 Å². The Kier molecular flexibility index (Phi) is 3.79. The topological polar surface area (TPSA) is 65.5 Å². The van der Waals surface area contributed by atoms with Gasteiger partial charge in [0.1, 0.15) is 5.69 Å². The number of rotatable bonds is 4. The highest BCUT2D eigenvalue weighted by Crippen LogP contribution is 2.12. The van der Waals surface area contributed by atoms with Gasteiger partial charge in [-0.15, -0.1) is 0 Å². The summed E-state index contributed by atoms with van der Waals surface area (Å²) in [5, 5.41) is 0. The van der Waals surface area contributed by atoms with E-state index in [1.807, 2.05) is 0 Å². The summed E-state index contributed by atoms with van der Waals surface area (Å²) in [5.41, 5.74) is 0.156. The van der Waals surface area contributed by atoms with Gasteiger partial charge in [0.25, 0.3) is 0 Å². The molecule has 5 heteroatoms. The molecule has 0 bridgehead atoms. The lowest BCUT2D eigenvalue weighted by molar-refractivity contribution is 0.0597. The van der Waals surface area contributed by atoms with E-state index in [4.69, 9.17) is 4.74 Å². The number of nitrogens with zero attached hydrogens (tertiary/aromatic N) is 1. The van der Waals surface area contributed by atoms with Crippen molar-refractivity contribution in [3.8, 4) is 5.88 Å². The number of pyridine rings is 1. The molecule has 0 N–H and O–H groups in total. The number of esters is 1. The molecule has 0 saturated heterocycles. The Morgan fingerprint density at radius 2 is 2.27 bits per heavy atom. The van der Waals surface area contributed by atoms with E-state index in [0.717, 1.165) is 0 Å². The molecule has 15 heavy (non-hydrogen) atoms. The van der Waals surface area contributed by atoms with Crippen molar-refractivity contribution in [2.75, 3.05) is 13.7 Å². The van der Waals surface area contributed by atoms with Gasteiger partial charge >= 0.3 is 5.97 Å². The van der Waals surface area contributed by atoms with Crippen LogP contribution in [0.3, 0.4) is 0 Å². The second-order valence-corrected chi connectivity index (χ2v) is 2.62. The normalized spacial score (nSPS) is 9.47. The minimum Gasteiger partial charge on any atom is -0.478 e. The second-order valence-electron chi connectivity index (χ2n) is 2.62. The molecule has 5 nitrogen and oxygen atoms in total. The third-order valence-corrected chi connectivity index (χ3v) is 1.71. The number of hydrogen-bond acceptors (Lipinski definition) is 5. The summed E-state index contributed by atoms with van der Waals surface area (Å²) in [4.78, 5) is 25.7. The summed E-state index contributed by atoms with van der Waals surface area (Å²) >= 11 is 0.